The SMILES string of the molecule is COC(=O)CCN1CCC(C(=O)Nc2ccc(Br)cc2)CC1. The highest BCUT2D eigenvalue weighted by molar-refractivity contribution is 9.10. The molecule has 1 aromatic carbocycles. The van der Waals surface area contributed by atoms with Crippen LogP contribution in [0, 0.1) is 5.92 Å². The van der Waals surface area contributed by atoms with E-state index in [1.54, 1.807) is 0 Å². The standard InChI is InChI=1S/C16H21BrN2O3/c1-22-15(20)8-11-19-9-6-12(7-10-19)16(21)18-14-4-2-13(17)3-5-14/h2-5,12H,6-11H2,1H3,(H,18,21). The van der Waals surface area contributed by atoms with Crippen molar-refractivity contribution in [2.24, 2.45) is 5.92 Å². The van der Waals surface area contributed by atoms with E-state index in [4.69, 9.17) is 0 Å². The number of carbonyl (C=O) groups is 2. The second-order valence-corrected chi connectivity index (χ2v) is 6.35. The molecule has 1 fully saturated rings. The van der Waals surface area contributed by atoms with Crippen molar-refractivity contribution in [3.63, 3.8) is 0 Å². The summed E-state index contributed by atoms with van der Waals surface area (Å²) < 4.78 is 5.63. The minimum absolute atomic E-state index is 0.0398. The molecule has 0 radical (unpaired) electrons. The topological polar surface area (TPSA) is 58.6 Å². The molecule has 1 aromatic rings. The lowest BCUT2D eigenvalue weighted by Gasteiger charge is -2.30. The number of hydrogen-bond acceptors (Lipinski definition) is 4. The zero-order chi connectivity index (χ0) is 15.9. The number of hydrogen-bond donors (Lipinski definition) is 1. The molecule has 1 amide bonds. The van der Waals surface area contributed by atoms with Crippen LogP contribution < -0.4 is 5.32 Å². The van der Waals surface area contributed by atoms with Crippen LogP contribution in [0.4, 0.5) is 5.69 Å². The number of piperidine rings is 1. The molecule has 120 valence electrons. The second kappa shape index (κ2) is 8.29. The first-order valence-corrected chi connectivity index (χ1v) is 8.23. The van der Waals surface area contributed by atoms with Gasteiger partial charge in [0.2, 0.25) is 5.91 Å². The summed E-state index contributed by atoms with van der Waals surface area (Å²) in [6.45, 7) is 2.39. The van der Waals surface area contributed by atoms with Gasteiger partial charge in [0.05, 0.1) is 13.5 Å². The lowest BCUT2D eigenvalue weighted by atomic mass is 9.95. The summed E-state index contributed by atoms with van der Waals surface area (Å²) in [7, 11) is 1.40. The van der Waals surface area contributed by atoms with Crippen LogP contribution in [-0.2, 0) is 14.3 Å². The van der Waals surface area contributed by atoms with E-state index >= 15 is 0 Å². The van der Waals surface area contributed by atoms with Crippen molar-refractivity contribution in [2.45, 2.75) is 19.3 Å². The highest BCUT2D eigenvalue weighted by Gasteiger charge is 2.25. The largest absolute Gasteiger partial charge is 0.469 e. The Morgan fingerprint density at radius 3 is 2.50 bits per heavy atom. The molecule has 1 heterocycles. The summed E-state index contributed by atoms with van der Waals surface area (Å²) in [4.78, 5) is 25.6. The fourth-order valence-corrected chi connectivity index (χ4v) is 2.81. The number of ether oxygens (including phenoxy) is 1. The summed E-state index contributed by atoms with van der Waals surface area (Å²) in [5.74, 6) is -0.0666. The Bertz CT molecular complexity index is 511. The monoisotopic (exact) mass is 368 g/mol. The van der Waals surface area contributed by atoms with Gasteiger partial charge in [0.25, 0.3) is 0 Å². The maximum Gasteiger partial charge on any atom is 0.306 e. The molecule has 0 aliphatic carbocycles. The minimum atomic E-state index is -0.185. The molecule has 0 saturated carbocycles. The van der Waals surface area contributed by atoms with Crippen LogP contribution in [0.5, 0.6) is 0 Å². The predicted molar refractivity (Wildman–Crippen MR) is 88.6 cm³/mol. The molecule has 0 bridgehead atoms. The lowest BCUT2D eigenvalue weighted by molar-refractivity contribution is -0.141. The molecule has 6 heteroatoms. The third kappa shape index (κ3) is 5.10. The molecule has 0 atom stereocenters. The Balaban J connectivity index is 1.75. The average molecular weight is 369 g/mol. The number of likely N-dealkylation sites (tertiary alicyclic amines) is 1. The number of benzene rings is 1. The Kier molecular flexibility index (Phi) is 6.39. The van der Waals surface area contributed by atoms with E-state index in [-0.39, 0.29) is 17.8 Å². The number of carbonyl (C=O) groups excluding carboxylic acids is 2. The van der Waals surface area contributed by atoms with Gasteiger partial charge in [0.1, 0.15) is 0 Å². The summed E-state index contributed by atoms with van der Waals surface area (Å²) >= 11 is 3.37. The van der Waals surface area contributed by atoms with Crippen LogP contribution >= 0.6 is 15.9 Å². The first-order valence-electron chi connectivity index (χ1n) is 7.44. The number of amides is 1. The number of esters is 1. The van der Waals surface area contributed by atoms with Crippen molar-refractivity contribution in [3.8, 4) is 0 Å². The summed E-state index contributed by atoms with van der Waals surface area (Å²) in [5, 5.41) is 2.96. The number of methoxy groups -OCH3 is 1. The number of nitrogens with one attached hydrogen (secondary N) is 1. The van der Waals surface area contributed by atoms with Crippen LogP contribution in [0.2, 0.25) is 0 Å². The summed E-state index contributed by atoms with van der Waals surface area (Å²) in [6.07, 6.45) is 2.05. The maximum absolute atomic E-state index is 12.3. The van der Waals surface area contributed by atoms with E-state index in [0.29, 0.717) is 13.0 Å². The zero-order valence-corrected chi connectivity index (χ0v) is 14.3. The first-order chi connectivity index (χ1) is 10.6. The van der Waals surface area contributed by atoms with E-state index in [9.17, 15) is 9.59 Å². The molecule has 2 rings (SSSR count). The highest BCUT2D eigenvalue weighted by atomic mass is 79.9. The molecule has 0 aromatic heterocycles. The van der Waals surface area contributed by atoms with Gasteiger partial charge in [-0.1, -0.05) is 15.9 Å². The van der Waals surface area contributed by atoms with Gasteiger partial charge >= 0.3 is 5.97 Å². The van der Waals surface area contributed by atoms with Crippen molar-refractivity contribution in [1.82, 2.24) is 4.90 Å². The fraction of sp³-hybridized carbons (Fsp3) is 0.500. The molecule has 5 nitrogen and oxygen atoms in total. The number of rotatable bonds is 5. The van der Waals surface area contributed by atoms with Gasteiger partial charge in [0.15, 0.2) is 0 Å². The molecule has 1 N–H and O–H groups in total. The Morgan fingerprint density at radius 1 is 1.27 bits per heavy atom. The van der Waals surface area contributed by atoms with E-state index in [1.165, 1.54) is 7.11 Å². The van der Waals surface area contributed by atoms with E-state index < -0.39 is 0 Å². The minimum Gasteiger partial charge on any atom is -0.469 e. The molecule has 1 aliphatic rings. The Morgan fingerprint density at radius 2 is 1.91 bits per heavy atom. The molecule has 0 spiro atoms. The van der Waals surface area contributed by atoms with Gasteiger partial charge in [0, 0.05) is 22.6 Å². The van der Waals surface area contributed by atoms with E-state index in [2.05, 4.69) is 30.9 Å². The summed E-state index contributed by atoms with van der Waals surface area (Å²) in [5.41, 5.74) is 0.821. The maximum atomic E-state index is 12.3. The van der Waals surface area contributed by atoms with Crippen molar-refractivity contribution < 1.29 is 14.3 Å². The second-order valence-electron chi connectivity index (χ2n) is 5.44. The van der Waals surface area contributed by atoms with Crippen molar-refractivity contribution in [2.75, 3.05) is 32.1 Å². The fourth-order valence-electron chi connectivity index (χ4n) is 2.55. The van der Waals surface area contributed by atoms with Crippen molar-refractivity contribution in [3.05, 3.63) is 28.7 Å². The smallest absolute Gasteiger partial charge is 0.306 e. The van der Waals surface area contributed by atoms with Gasteiger partial charge in [-0.3, -0.25) is 9.59 Å². The van der Waals surface area contributed by atoms with Gasteiger partial charge in [-0.05, 0) is 50.2 Å². The Hall–Kier alpha value is -1.40. The molecular formula is C16H21BrN2O3. The van der Waals surface area contributed by atoms with Crippen LogP contribution in [0.15, 0.2) is 28.7 Å². The molecule has 0 unspecified atom stereocenters. The van der Waals surface area contributed by atoms with Crippen LogP contribution in [0.25, 0.3) is 0 Å². The number of anilines is 1. The lowest BCUT2D eigenvalue weighted by Crippen LogP contribution is -2.39. The quantitative estimate of drug-likeness (QED) is 0.811. The van der Waals surface area contributed by atoms with Gasteiger partial charge in [-0.25, -0.2) is 0 Å². The van der Waals surface area contributed by atoms with E-state index in [0.717, 1.165) is 36.1 Å². The van der Waals surface area contributed by atoms with Crippen molar-refractivity contribution in [1.29, 1.82) is 0 Å². The van der Waals surface area contributed by atoms with E-state index in [1.807, 2.05) is 24.3 Å². The van der Waals surface area contributed by atoms with Crippen LogP contribution in [-0.4, -0.2) is 43.5 Å². The molecular weight excluding hydrogens is 348 g/mol. The number of nitrogens with zero attached hydrogens (tertiary/aromatic N) is 1. The average Bonchev–Trinajstić information content (AvgIpc) is 2.55. The number of halogens is 1. The molecule has 1 saturated heterocycles. The zero-order valence-electron chi connectivity index (χ0n) is 12.7. The van der Waals surface area contributed by atoms with Gasteiger partial charge in [-0.2, -0.15) is 0 Å². The third-order valence-electron chi connectivity index (χ3n) is 3.93. The van der Waals surface area contributed by atoms with Crippen LogP contribution in [0.3, 0.4) is 0 Å². The Labute approximate surface area is 139 Å². The highest BCUT2D eigenvalue weighted by Crippen LogP contribution is 2.20. The predicted octanol–water partition coefficient (Wildman–Crippen LogP) is 2.66. The third-order valence-corrected chi connectivity index (χ3v) is 4.46. The molecule has 22 heavy (non-hydrogen) atoms. The molecule has 1 aliphatic heterocycles. The van der Waals surface area contributed by atoms with Crippen LogP contribution in [0.1, 0.15) is 19.3 Å². The summed E-state index contributed by atoms with van der Waals surface area (Å²) in [6, 6.07) is 7.58. The van der Waals surface area contributed by atoms with Crippen molar-refractivity contribution >= 4 is 33.5 Å². The van der Waals surface area contributed by atoms with Gasteiger partial charge < -0.3 is 15.0 Å². The normalized spacial score (nSPS) is 16.3. The first kappa shape index (κ1) is 17.0. The van der Waals surface area contributed by atoms with Gasteiger partial charge in [-0.15, -0.1) is 0 Å².